The van der Waals surface area contributed by atoms with Gasteiger partial charge in [0.15, 0.2) is 0 Å². The maximum atomic E-state index is 12.7. The van der Waals surface area contributed by atoms with E-state index in [0.717, 1.165) is 39.0 Å². The minimum absolute atomic E-state index is 0.0960. The number of likely N-dealkylation sites (tertiary alicyclic amines) is 1. The number of thiophene rings is 1. The van der Waals surface area contributed by atoms with Gasteiger partial charge in [-0.15, -0.1) is 11.3 Å². The summed E-state index contributed by atoms with van der Waals surface area (Å²) in [7, 11) is 0. The molecule has 0 aliphatic carbocycles. The average Bonchev–Trinajstić information content (AvgIpc) is 3.25. The van der Waals surface area contributed by atoms with Gasteiger partial charge in [-0.1, -0.05) is 32.1 Å². The van der Waals surface area contributed by atoms with E-state index in [9.17, 15) is 4.79 Å². The number of hydrogen-bond donors (Lipinski definition) is 1. The van der Waals surface area contributed by atoms with Crippen LogP contribution in [0, 0.1) is 5.92 Å². The van der Waals surface area contributed by atoms with Crippen molar-refractivity contribution in [3.63, 3.8) is 0 Å². The Bertz CT molecular complexity index is 532. The first-order chi connectivity index (χ1) is 11.1. The average molecular weight is 334 g/mol. The van der Waals surface area contributed by atoms with E-state index in [2.05, 4.69) is 53.7 Å². The zero-order valence-corrected chi connectivity index (χ0v) is 14.9. The normalized spacial score (nSPS) is 22.9. The first kappa shape index (κ1) is 16.5. The second-order valence-corrected chi connectivity index (χ2v) is 7.94. The van der Waals surface area contributed by atoms with E-state index in [1.165, 1.54) is 4.88 Å². The standard InChI is InChI=1S/C18H27N3OS/c1-14(2)12-16(17-6-5-11-23-17)19-18(22)21-10-7-15(13-21)20-8-3-4-9-20/h3-6,11,14-16H,7-10,12-13H2,1-2H3,(H,19,22)/t15-,16-/m1/s1. The van der Waals surface area contributed by atoms with Crippen molar-refractivity contribution in [3.05, 3.63) is 34.5 Å². The number of nitrogens with zero attached hydrogens (tertiary/aromatic N) is 2. The molecule has 2 amide bonds. The maximum absolute atomic E-state index is 12.7. The van der Waals surface area contributed by atoms with E-state index in [4.69, 9.17) is 0 Å². The molecule has 5 heteroatoms. The number of hydrogen-bond acceptors (Lipinski definition) is 3. The first-order valence-corrected chi connectivity index (χ1v) is 9.49. The molecule has 126 valence electrons. The Balaban J connectivity index is 1.56. The fraction of sp³-hybridized carbons (Fsp3) is 0.611. The van der Waals surface area contributed by atoms with E-state index in [1.54, 1.807) is 11.3 Å². The second kappa shape index (κ2) is 7.49. The summed E-state index contributed by atoms with van der Waals surface area (Å²) in [5, 5.41) is 5.35. The second-order valence-electron chi connectivity index (χ2n) is 6.96. The van der Waals surface area contributed by atoms with Crippen LogP contribution in [-0.2, 0) is 0 Å². The highest BCUT2D eigenvalue weighted by molar-refractivity contribution is 7.10. The van der Waals surface area contributed by atoms with Gasteiger partial charge in [-0.05, 0) is 30.2 Å². The van der Waals surface area contributed by atoms with Crippen molar-refractivity contribution in [3.8, 4) is 0 Å². The SMILES string of the molecule is CC(C)C[C@@H](NC(=O)N1CC[C@@H](N2CC=CC2)C1)c1cccs1. The van der Waals surface area contributed by atoms with Crippen LogP contribution in [-0.4, -0.2) is 48.1 Å². The lowest BCUT2D eigenvalue weighted by molar-refractivity contribution is 0.195. The van der Waals surface area contributed by atoms with Gasteiger partial charge in [0.25, 0.3) is 0 Å². The molecule has 0 aromatic carbocycles. The molecule has 23 heavy (non-hydrogen) atoms. The maximum Gasteiger partial charge on any atom is 0.317 e. The lowest BCUT2D eigenvalue weighted by atomic mass is 10.0. The van der Waals surface area contributed by atoms with Crippen molar-refractivity contribution in [2.75, 3.05) is 26.2 Å². The molecule has 3 heterocycles. The highest BCUT2D eigenvalue weighted by atomic mass is 32.1. The van der Waals surface area contributed by atoms with Crippen molar-refractivity contribution < 1.29 is 4.79 Å². The Kier molecular flexibility index (Phi) is 5.38. The molecular formula is C18H27N3OS. The largest absolute Gasteiger partial charge is 0.330 e. The molecule has 0 unspecified atom stereocenters. The third-order valence-corrected chi connectivity index (χ3v) is 5.69. The van der Waals surface area contributed by atoms with E-state index in [0.29, 0.717) is 12.0 Å². The molecule has 4 nitrogen and oxygen atoms in total. The molecule has 0 spiro atoms. The molecule has 3 rings (SSSR count). The molecule has 1 fully saturated rings. The number of carbonyl (C=O) groups is 1. The fourth-order valence-corrected chi connectivity index (χ4v) is 4.26. The lowest BCUT2D eigenvalue weighted by Crippen LogP contribution is -2.43. The highest BCUT2D eigenvalue weighted by Crippen LogP contribution is 2.26. The van der Waals surface area contributed by atoms with Crippen LogP contribution >= 0.6 is 11.3 Å². The van der Waals surface area contributed by atoms with Crippen LogP contribution in [0.2, 0.25) is 0 Å². The molecule has 1 N–H and O–H groups in total. The monoisotopic (exact) mass is 333 g/mol. The fourth-order valence-electron chi connectivity index (χ4n) is 3.46. The Labute approximate surface area is 143 Å². The van der Waals surface area contributed by atoms with Gasteiger partial charge in [-0.2, -0.15) is 0 Å². The van der Waals surface area contributed by atoms with Gasteiger partial charge in [0, 0.05) is 37.1 Å². The van der Waals surface area contributed by atoms with Crippen LogP contribution < -0.4 is 5.32 Å². The summed E-state index contributed by atoms with van der Waals surface area (Å²) in [6.45, 7) is 8.20. The van der Waals surface area contributed by atoms with Crippen molar-refractivity contribution in [2.24, 2.45) is 5.92 Å². The minimum Gasteiger partial charge on any atom is -0.330 e. The summed E-state index contributed by atoms with van der Waals surface area (Å²) in [5.74, 6) is 0.560. The van der Waals surface area contributed by atoms with Crippen LogP contribution in [0.4, 0.5) is 4.79 Å². The zero-order chi connectivity index (χ0) is 16.2. The van der Waals surface area contributed by atoms with Crippen molar-refractivity contribution in [1.82, 2.24) is 15.1 Å². The topological polar surface area (TPSA) is 35.6 Å². The molecule has 2 atom stereocenters. The Morgan fingerprint density at radius 3 is 2.83 bits per heavy atom. The van der Waals surface area contributed by atoms with Gasteiger partial charge in [-0.25, -0.2) is 4.79 Å². The molecule has 2 aliphatic heterocycles. The van der Waals surface area contributed by atoms with Crippen LogP contribution in [0.1, 0.15) is 37.6 Å². The predicted octanol–water partition coefficient (Wildman–Crippen LogP) is 3.49. The van der Waals surface area contributed by atoms with Gasteiger partial charge < -0.3 is 10.2 Å². The highest BCUT2D eigenvalue weighted by Gasteiger charge is 2.31. The zero-order valence-electron chi connectivity index (χ0n) is 14.1. The summed E-state index contributed by atoms with van der Waals surface area (Å²) in [4.78, 5) is 18.4. The number of nitrogens with one attached hydrogen (secondary N) is 1. The van der Waals surface area contributed by atoms with Crippen LogP contribution in [0.25, 0.3) is 0 Å². The van der Waals surface area contributed by atoms with Gasteiger partial charge in [0.05, 0.1) is 6.04 Å². The van der Waals surface area contributed by atoms with Crippen molar-refractivity contribution in [2.45, 2.75) is 38.8 Å². The molecule has 1 aromatic rings. The van der Waals surface area contributed by atoms with E-state index < -0.39 is 0 Å². The Morgan fingerprint density at radius 2 is 2.17 bits per heavy atom. The third kappa shape index (κ3) is 4.15. The van der Waals surface area contributed by atoms with Crippen LogP contribution in [0.5, 0.6) is 0 Å². The summed E-state index contributed by atoms with van der Waals surface area (Å²) in [5.41, 5.74) is 0. The number of carbonyl (C=O) groups excluding carboxylic acids is 1. The summed E-state index contributed by atoms with van der Waals surface area (Å²) < 4.78 is 0. The number of rotatable bonds is 5. The number of urea groups is 1. The Morgan fingerprint density at radius 1 is 1.39 bits per heavy atom. The van der Waals surface area contributed by atoms with Crippen LogP contribution in [0.15, 0.2) is 29.7 Å². The third-order valence-electron chi connectivity index (χ3n) is 4.70. The first-order valence-electron chi connectivity index (χ1n) is 8.61. The summed E-state index contributed by atoms with van der Waals surface area (Å²) in [6, 6.07) is 4.93. The van der Waals surface area contributed by atoms with E-state index in [-0.39, 0.29) is 12.1 Å². The summed E-state index contributed by atoms with van der Waals surface area (Å²) >= 11 is 1.73. The molecule has 0 bridgehead atoms. The molecule has 1 saturated heterocycles. The smallest absolute Gasteiger partial charge is 0.317 e. The molecular weight excluding hydrogens is 306 g/mol. The van der Waals surface area contributed by atoms with Gasteiger partial charge >= 0.3 is 6.03 Å². The van der Waals surface area contributed by atoms with Gasteiger partial charge in [0.1, 0.15) is 0 Å². The molecule has 2 aliphatic rings. The minimum atomic E-state index is 0.0960. The van der Waals surface area contributed by atoms with Crippen LogP contribution in [0.3, 0.4) is 0 Å². The molecule has 1 aromatic heterocycles. The Hall–Kier alpha value is -1.33. The van der Waals surface area contributed by atoms with Gasteiger partial charge in [0.2, 0.25) is 0 Å². The molecule has 0 saturated carbocycles. The number of amides is 2. The molecule has 0 radical (unpaired) electrons. The lowest BCUT2D eigenvalue weighted by Gasteiger charge is -2.26. The quantitative estimate of drug-likeness (QED) is 0.837. The van der Waals surface area contributed by atoms with E-state index >= 15 is 0 Å². The predicted molar refractivity (Wildman–Crippen MR) is 95.7 cm³/mol. The van der Waals surface area contributed by atoms with Gasteiger partial charge in [-0.3, -0.25) is 4.90 Å². The van der Waals surface area contributed by atoms with Crippen molar-refractivity contribution >= 4 is 17.4 Å². The van der Waals surface area contributed by atoms with Crippen molar-refractivity contribution in [1.29, 1.82) is 0 Å². The summed E-state index contributed by atoms with van der Waals surface area (Å²) in [6.07, 6.45) is 6.51. The van der Waals surface area contributed by atoms with E-state index in [1.807, 2.05) is 4.90 Å².